The van der Waals surface area contributed by atoms with E-state index in [-0.39, 0.29) is 6.10 Å². The van der Waals surface area contributed by atoms with Gasteiger partial charge in [-0.15, -0.1) is 0 Å². The number of rotatable bonds is 3. The lowest BCUT2D eigenvalue weighted by molar-refractivity contribution is -0.00742. The normalized spacial score (nSPS) is 40.9. The molecule has 0 bridgehead atoms. The average molecular weight is 338 g/mol. The van der Waals surface area contributed by atoms with Crippen molar-refractivity contribution in [2.45, 2.75) is 67.5 Å². The predicted molar refractivity (Wildman–Crippen MR) is 74.0 cm³/mol. The fraction of sp³-hybridized carbons (Fsp3) is 1.00. The van der Waals surface area contributed by atoms with Gasteiger partial charge in [-0.2, -0.15) is 0 Å². The molecule has 0 aliphatic heterocycles. The lowest BCUT2D eigenvalue weighted by Crippen LogP contribution is -2.27. The number of ether oxygens (including phenoxy) is 1. The summed E-state index contributed by atoms with van der Waals surface area (Å²) >= 11 is 2.56. The third-order valence-corrected chi connectivity index (χ3v) is 5.23. The zero-order valence-corrected chi connectivity index (χ0v) is 12.1. The van der Waals surface area contributed by atoms with Gasteiger partial charge in [0.2, 0.25) is 0 Å². The van der Waals surface area contributed by atoms with Crippen LogP contribution in [-0.2, 0) is 4.74 Å². The van der Waals surface area contributed by atoms with Gasteiger partial charge in [0.05, 0.1) is 12.2 Å². The van der Waals surface area contributed by atoms with E-state index in [1.807, 2.05) is 0 Å². The highest BCUT2D eigenvalue weighted by Gasteiger charge is 2.23. The quantitative estimate of drug-likeness (QED) is 0.632. The summed E-state index contributed by atoms with van der Waals surface area (Å²) < 4.78 is 6.90. The number of hydrogen-bond donors (Lipinski definition) is 1. The Kier molecular flexibility index (Phi) is 5.36. The van der Waals surface area contributed by atoms with Crippen molar-refractivity contribution >= 4 is 22.6 Å². The minimum Gasteiger partial charge on any atom is -0.393 e. The summed E-state index contributed by atoms with van der Waals surface area (Å²) in [6.45, 7) is 0.934. The second kappa shape index (κ2) is 6.55. The van der Waals surface area contributed by atoms with Crippen molar-refractivity contribution in [2.24, 2.45) is 5.92 Å². The van der Waals surface area contributed by atoms with E-state index >= 15 is 0 Å². The SMILES string of the molecule is O[C@H]1CC[C@H](CO[C@H]2CC[C@@H](I)CC2)CC1. The van der Waals surface area contributed by atoms with E-state index in [9.17, 15) is 5.11 Å². The highest BCUT2D eigenvalue weighted by molar-refractivity contribution is 14.1. The fourth-order valence-corrected chi connectivity index (χ4v) is 3.49. The van der Waals surface area contributed by atoms with Gasteiger partial charge in [0.15, 0.2) is 0 Å². The Morgan fingerprint density at radius 3 is 2.19 bits per heavy atom. The highest BCUT2D eigenvalue weighted by Crippen LogP contribution is 2.29. The maximum Gasteiger partial charge on any atom is 0.0576 e. The van der Waals surface area contributed by atoms with Gasteiger partial charge in [-0.1, -0.05) is 22.6 Å². The van der Waals surface area contributed by atoms with Crippen LogP contribution in [0.4, 0.5) is 0 Å². The zero-order chi connectivity index (χ0) is 11.4. The molecule has 2 saturated carbocycles. The third kappa shape index (κ3) is 4.15. The van der Waals surface area contributed by atoms with Gasteiger partial charge in [-0.05, 0) is 57.3 Å². The van der Waals surface area contributed by atoms with Crippen LogP contribution in [0.5, 0.6) is 0 Å². The van der Waals surface area contributed by atoms with Crippen LogP contribution < -0.4 is 0 Å². The van der Waals surface area contributed by atoms with Gasteiger partial charge in [0, 0.05) is 10.5 Å². The van der Waals surface area contributed by atoms with Gasteiger partial charge in [-0.25, -0.2) is 0 Å². The highest BCUT2D eigenvalue weighted by atomic mass is 127. The van der Waals surface area contributed by atoms with Gasteiger partial charge in [-0.3, -0.25) is 0 Å². The molecule has 0 unspecified atom stereocenters. The maximum absolute atomic E-state index is 9.43. The number of hydrogen-bond acceptors (Lipinski definition) is 2. The van der Waals surface area contributed by atoms with Crippen molar-refractivity contribution in [3.05, 3.63) is 0 Å². The number of aliphatic hydroxyl groups is 1. The Morgan fingerprint density at radius 1 is 0.938 bits per heavy atom. The van der Waals surface area contributed by atoms with Crippen molar-refractivity contribution in [3.63, 3.8) is 0 Å². The van der Waals surface area contributed by atoms with Crippen molar-refractivity contribution in [3.8, 4) is 0 Å². The monoisotopic (exact) mass is 338 g/mol. The molecule has 0 radical (unpaired) electrons. The van der Waals surface area contributed by atoms with E-state index in [4.69, 9.17) is 4.74 Å². The van der Waals surface area contributed by atoms with Crippen LogP contribution in [0.1, 0.15) is 51.4 Å². The Balaban J connectivity index is 1.60. The summed E-state index contributed by atoms with van der Waals surface area (Å²) in [5, 5.41) is 9.43. The summed E-state index contributed by atoms with van der Waals surface area (Å²) in [5.41, 5.74) is 0. The second-order valence-electron chi connectivity index (χ2n) is 5.38. The van der Waals surface area contributed by atoms with Crippen LogP contribution in [0.15, 0.2) is 0 Å². The van der Waals surface area contributed by atoms with Crippen molar-refractivity contribution in [2.75, 3.05) is 6.61 Å². The molecule has 2 nitrogen and oxygen atoms in total. The summed E-state index contributed by atoms with van der Waals surface area (Å²) in [6.07, 6.45) is 9.92. The Labute approximate surface area is 112 Å². The summed E-state index contributed by atoms with van der Waals surface area (Å²) in [6, 6.07) is 0. The summed E-state index contributed by atoms with van der Waals surface area (Å²) in [4.78, 5) is 0. The van der Waals surface area contributed by atoms with Gasteiger partial charge in [0.1, 0.15) is 0 Å². The van der Waals surface area contributed by atoms with Gasteiger partial charge in [0.25, 0.3) is 0 Å². The largest absolute Gasteiger partial charge is 0.393 e. The zero-order valence-electron chi connectivity index (χ0n) is 9.91. The lowest BCUT2D eigenvalue weighted by Gasteiger charge is -2.29. The molecule has 1 N–H and O–H groups in total. The topological polar surface area (TPSA) is 29.5 Å². The van der Waals surface area contributed by atoms with E-state index in [1.54, 1.807) is 0 Å². The first kappa shape index (κ1) is 13.1. The molecule has 0 aromatic rings. The number of alkyl halides is 1. The molecule has 0 atom stereocenters. The van der Waals surface area contributed by atoms with Crippen molar-refractivity contribution < 1.29 is 9.84 Å². The molecule has 2 aliphatic rings. The number of halogens is 1. The molecule has 2 aliphatic carbocycles. The van der Waals surface area contributed by atoms with Crippen LogP contribution in [-0.4, -0.2) is 27.8 Å². The molecule has 0 aromatic carbocycles. The smallest absolute Gasteiger partial charge is 0.0576 e. The standard InChI is InChI=1S/C13H23IO2/c14-11-3-7-13(8-4-11)16-9-10-1-5-12(15)6-2-10/h10-13,15H,1-9H2/t10-,11-,12-,13+. The first-order valence-corrected chi connectivity index (χ1v) is 7.92. The Morgan fingerprint density at radius 2 is 1.56 bits per heavy atom. The fourth-order valence-electron chi connectivity index (χ4n) is 2.77. The first-order valence-electron chi connectivity index (χ1n) is 6.68. The predicted octanol–water partition coefficient (Wildman–Crippen LogP) is 3.30. The van der Waals surface area contributed by atoms with E-state index in [2.05, 4.69) is 22.6 Å². The van der Waals surface area contributed by atoms with Crippen LogP contribution in [0, 0.1) is 5.92 Å². The first-order chi connectivity index (χ1) is 7.74. The van der Waals surface area contributed by atoms with Crippen LogP contribution in [0.3, 0.4) is 0 Å². The summed E-state index contributed by atoms with van der Waals surface area (Å²) in [7, 11) is 0. The molecule has 16 heavy (non-hydrogen) atoms. The second-order valence-corrected chi connectivity index (χ2v) is 7.14. The minimum absolute atomic E-state index is 0.0364. The van der Waals surface area contributed by atoms with Crippen molar-refractivity contribution in [1.29, 1.82) is 0 Å². The van der Waals surface area contributed by atoms with Crippen molar-refractivity contribution in [1.82, 2.24) is 0 Å². The van der Waals surface area contributed by atoms with Crippen LogP contribution in [0.2, 0.25) is 0 Å². The molecular formula is C13H23IO2. The molecule has 0 heterocycles. The number of aliphatic hydroxyl groups excluding tert-OH is 1. The summed E-state index contributed by atoms with van der Waals surface area (Å²) in [5.74, 6) is 0.709. The molecule has 3 heteroatoms. The van der Waals surface area contributed by atoms with E-state index in [0.717, 1.165) is 36.2 Å². The molecule has 0 spiro atoms. The molecule has 0 aromatic heterocycles. The molecular weight excluding hydrogens is 315 g/mol. The molecule has 2 rings (SSSR count). The Hall–Kier alpha value is 0.650. The Bertz CT molecular complexity index is 172. The lowest BCUT2D eigenvalue weighted by atomic mass is 9.88. The van der Waals surface area contributed by atoms with E-state index in [0.29, 0.717) is 12.0 Å². The molecule has 0 amide bonds. The van der Waals surface area contributed by atoms with Gasteiger partial charge >= 0.3 is 0 Å². The maximum atomic E-state index is 9.43. The average Bonchev–Trinajstić information content (AvgIpc) is 2.30. The molecule has 0 saturated heterocycles. The van der Waals surface area contributed by atoms with Crippen LogP contribution >= 0.6 is 22.6 Å². The van der Waals surface area contributed by atoms with Gasteiger partial charge < -0.3 is 9.84 Å². The van der Waals surface area contributed by atoms with E-state index in [1.165, 1.54) is 25.7 Å². The van der Waals surface area contributed by atoms with Crippen LogP contribution in [0.25, 0.3) is 0 Å². The molecule has 94 valence electrons. The third-order valence-electron chi connectivity index (χ3n) is 3.99. The minimum atomic E-state index is -0.0364. The molecule has 2 fully saturated rings. The van der Waals surface area contributed by atoms with E-state index < -0.39 is 0 Å².